The highest BCUT2D eigenvalue weighted by Crippen LogP contribution is 2.43. The molecule has 8 heteroatoms. The third-order valence-electron chi connectivity index (χ3n) is 4.79. The number of hydrogen-bond donors (Lipinski definition) is 0. The van der Waals surface area contributed by atoms with Crippen LogP contribution in [-0.4, -0.2) is 73.8 Å². The molecule has 3 rings (SSSR count). The van der Waals surface area contributed by atoms with E-state index in [1.165, 1.54) is 15.5 Å². The number of nitrogens with zero attached hydrogens (tertiary/aromatic N) is 2. The van der Waals surface area contributed by atoms with Crippen molar-refractivity contribution in [3.8, 4) is 0 Å². The van der Waals surface area contributed by atoms with E-state index in [1.807, 2.05) is 0 Å². The molecule has 6 nitrogen and oxygen atoms in total. The molecule has 1 saturated carbocycles. The van der Waals surface area contributed by atoms with E-state index < -0.39 is 27.1 Å². The Morgan fingerprint density at radius 2 is 1.76 bits per heavy atom. The minimum atomic E-state index is -3.31. The van der Waals surface area contributed by atoms with E-state index in [0.717, 1.165) is 0 Å². The highest BCUT2D eigenvalue weighted by molar-refractivity contribution is 7.88. The van der Waals surface area contributed by atoms with Crippen molar-refractivity contribution in [1.82, 2.24) is 9.21 Å². The summed E-state index contributed by atoms with van der Waals surface area (Å²) in [5.74, 6) is -0.431. The predicted octanol–water partition coefficient (Wildman–Crippen LogP) is 0.142. The van der Waals surface area contributed by atoms with E-state index in [2.05, 4.69) is 0 Å². The van der Waals surface area contributed by atoms with Crippen molar-refractivity contribution in [2.75, 3.05) is 39.1 Å². The number of morpholine rings is 1. The van der Waals surface area contributed by atoms with Crippen molar-refractivity contribution in [1.29, 1.82) is 0 Å². The molecule has 2 aliphatic heterocycles. The Kier molecular flexibility index (Phi) is 3.53. The monoisotopic (exact) mass is 320 g/mol. The summed E-state index contributed by atoms with van der Waals surface area (Å²) in [6, 6.07) is 0. The first kappa shape index (κ1) is 15.2. The van der Waals surface area contributed by atoms with E-state index in [1.54, 1.807) is 0 Å². The zero-order chi connectivity index (χ0) is 15.3. The summed E-state index contributed by atoms with van der Waals surface area (Å²) in [5.41, 5.74) is -2.22. The molecule has 0 bridgehead atoms. The SMILES string of the molecule is CS(=O)(=O)N1CCOCC12CCN(C(=O)C1(F)CC1)CC2. The number of rotatable bonds is 2. The number of carbonyl (C=O) groups is 1. The number of hydrogen-bond acceptors (Lipinski definition) is 4. The van der Waals surface area contributed by atoms with Crippen molar-refractivity contribution in [2.45, 2.75) is 36.9 Å². The molecule has 0 aromatic carbocycles. The van der Waals surface area contributed by atoms with Crippen LogP contribution in [-0.2, 0) is 19.6 Å². The zero-order valence-electron chi connectivity index (χ0n) is 12.2. The first-order valence-corrected chi connectivity index (χ1v) is 9.16. The molecule has 120 valence electrons. The molecule has 0 atom stereocenters. The van der Waals surface area contributed by atoms with Gasteiger partial charge in [-0.2, -0.15) is 4.31 Å². The second-order valence-corrected chi connectivity index (χ2v) is 8.28. The molecule has 0 aromatic heterocycles. The molecule has 0 unspecified atom stereocenters. The first-order valence-electron chi connectivity index (χ1n) is 7.31. The summed E-state index contributed by atoms with van der Waals surface area (Å²) in [6.07, 6.45) is 2.83. The smallest absolute Gasteiger partial charge is 0.260 e. The van der Waals surface area contributed by atoms with Gasteiger partial charge in [-0.15, -0.1) is 0 Å². The third kappa shape index (κ3) is 2.68. The molecular weight excluding hydrogens is 299 g/mol. The van der Waals surface area contributed by atoms with Crippen LogP contribution in [0.5, 0.6) is 0 Å². The maximum Gasteiger partial charge on any atom is 0.260 e. The Hall–Kier alpha value is -0.730. The summed E-state index contributed by atoms with van der Waals surface area (Å²) < 4.78 is 44.8. The van der Waals surface area contributed by atoms with Gasteiger partial charge in [-0.3, -0.25) is 4.79 Å². The van der Waals surface area contributed by atoms with Gasteiger partial charge in [0, 0.05) is 19.6 Å². The van der Waals surface area contributed by atoms with E-state index in [0.29, 0.717) is 58.5 Å². The van der Waals surface area contributed by atoms with Crippen molar-refractivity contribution in [3.63, 3.8) is 0 Å². The molecule has 21 heavy (non-hydrogen) atoms. The van der Waals surface area contributed by atoms with Crippen molar-refractivity contribution >= 4 is 15.9 Å². The predicted molar refractivity (Wildman–Crippen MR) is 74.0 cm³/mol. The highest BCUT2D eigenvalue weighted by atomic mass is 32.2. The minimum absolute atomic E-state index is 0.312. The lowest BCUT2D eigenvalue weighted by Gasteiger charge is -2.49. The molecule has 1 amide bonds. The number of carbonyl (C=O) groups excluding carboxylic acids is 1. The Labute approximate surface area is 124 Å². The highest BCUT2D eigenvalue weighted by Gasteiger charge is 2.54. The van der Waals surface area contributed by atoms with E-state index in [9.17, 15) is 17.6 Å². The minimum Gasteiger partial charge on any atom is -0.378 e. The zero-order valence-corrected chi connectivity index (χ0v) is 13.0. The number of sulfonamides is 1. The molecule has 3 fully saturated rings. The Balaban J connectivity index is 1.72. The first-order chi connectivity index (χ1) is 9.77. The molecule has 0 radical (unpaired) electrons. The molecular formula is C13H21FN2O4S. The van der Waals surface area contributed by atoms with Crippen LogP contribution in [0.2, 0.25) is 0 Å². The van der Waals surface area contributed by atoms with Crippen molar-refractivity contribution < 1.29 is 22.3 Å². The fourth-order valence-corrected chi connectivity index (χ4v) is 4.71. The molecule has 1 spiro atoms. The topological polar surface area (TPSA) is 66.9 Å². The van der Waals surface area contributed by atoms with Gasteiger partial charge >= 0.3 is 0 Å². The van der Waals surface area contributed by atoms with Gasteiger partial charge in [0.05, 0.1) is 25.0 Å². The van der Waals surface area contributed by atoms with Crippen LogP contribution in [0.15, 0.2) is 0 Å². The molecule has 3 aliphatic rings. The fraction of sp³-hybridized carbons (Fsp3) is 0.923. The number of ether oxygens (including phenoxy) is 1. The molecule has 2 heterocycles. The van der Waals surface area contributed by atoms with Crippen LogP contribution in [0, 0.1) is 0 Å². The van der Waals surface area contributed by atoms with E-state index in [4.69, 9.17) is 4.74 Å². The second-order valence-electron chi connectivity index (χ2n) is 6.37. The summed E-state index contributed by atoms with van der Waals surface area (Å²) in [5, 5.41) is 0. The number of piperidine rings is 1. The largest absolute Gasteiger partial charge is 0.378 e. The molecule has 1 aliphatic carbocycles. The van der Waals surface area contributed by atoms with Gasteiger partial charge in [0.1, 0.15) is 0 Å². The van der Waals surface area contributed by atoms with E-state index >= 15 is 0 Å². The van der Waals surface area contributed by atoms with Crippen molar-refractivity contribution in [3.05, 3.63) is 0 Å². The van der Waals surface area contributed by atoms with Gasteiger partial charge < -0.3 is 9.64 Å². The lowest BCUT2D eigenvalue weighted by molar-refractivity contribution is -0.142. The quantitative estimate of drug-likeness (QED) is 0.726. The summed E-state index contributed by atoms with van der Waals surface area (Å²) in [4.78, 5) is 13.6. The van der Waals surface area contributed by atoms with Crippen LogP contribution in [0.25, 0.3) is 0 Å². The van der Waals surface area contributed by atoms with Crippen LogP contribution < -0.4 is 0 Å². The number of amides is 1. The summed E-state index contributed by atoms with van der Waals surface area (Å²) in [6.45, 7) is 1.87. The maximum absolute atomic E-state index is 13.9. The Morgan fingerprint density at radius 3 is 2.29 bits per heavy atom. The maximum atomic E-state index is 13.9. The third-order valence-corrected chi connectivity index (χ3v) is 6.16. The lowest BCUT2D eigenvalue weighted by Crippen LogP contribution is -2.63. The second kappa shape index (κ2) is 4.89. The standard InChI is InChI=1S/C13H21FN2O4S/c1-21(18,19)16-8-9-20-10-12(16)4-6-15(7-5-12)11(17)13(14)2-3-13/h2-10H2,1H3. The Morgan fingerprint density at radius 1 is 1.14 bits per heavy atom. The molecule has 0 N–H and O–H groups in total. The van der Waals surface area contributed by atoms with Crippen LogP contribution in [0.4, 0.5) is 4.39 Å². The van der Waals surface area contributed by atoms with Gasteiger partial charge in [0.2, 0.25) is 10.0 Å². The van der Waals surface area contributed by atoms with Crippen LogP contribution in [0.1, 0.15) is 25.7 Å². The number of likely N-dealkylation sites (tertiary alicyclic amines) is 1. The van der Waals surface area contributed by atoms with Gasteiger partial charge in [0.25, 0.3) is 5.91 Å². The summed E-state index contributed by atoms with van der Waals surface area (Å²) >= 11 is 0. The molecule has 0 aromatic rings. The van der Waals surface area contributed by atoms with Crippen LogP contribution in [0.3, 0.4) is 0 Å². The lowest BCUT2D eigenvalue weighted by atomic mass is 9.87. The number of alkyl halides is 1. The van der Waals surface area contributed by atoms with Gasteiger partial charge in [-0.05, 0) is 25.7 Å². The molecule has 2 saturated heterocycles. The number of halogens is 1. The normalized spacial score (nSPS) is 28.6. The fourth-order valence-electron chi connectivity index (χ4n) is 3.36. The average molecular weight is 320 g/mol. The van der Waals surface area contributed by atoms with Gasteiger partial charge in [-0.25, -0.2) is 12.8 Å². The van der Waals surface area contributed by atoms with Gasteiger partial charge in [0.15, 0.2) is 5.67 Å². The van der Waals surface area contributed by atoms with Crippen molar-refractivity contribution in [2.24, 2.45) is 0 Å². The van der Waals surface area contributed by atoms with Gasteiger partial charge in [-0.1, -0.05) is 0 Å². The summed E-state index contributed by atoms with van der Waals surface area (Å²) in [7, 11) is -3.31. The van der Waals surface area contributed by atoms with Crippen LogP contribution >= 0.6 is 0 Å². The Bertz CT molecular complexity index is 538. The average Bonchev–Trinajstić information content (AvgIpc) is 3.17. The van der Waals surface area contributed by atoms with E-state index in [-0.39, 0.29) is 0 Å².